The van der Waals surface area contributed by atoms with Crippen molar-refractivity contribution in [2.24, 2.45) is 0 Å². The third-order valence-corrected chi connectivity index (χ3v) is 4.02. The Bertz CT molecular complexity index is 449. The minimum absolute atomic E-state index is 0.380. The lowest BCUT2D eigenvalue weighted by Crippen LogP contribution is -2.36. The molecule has 0 aliphatic carbocycles. The molecular formula is C16H24N2O3. The fraction of sp³-hybridized carbons (Fsp3) is 0.625. The first-order valence-corrected chi connectivity index (χ1v) is 7.71. The molecule has 1 N–H and O–H groups in total. The van der Waals surface area contributed by atoms with Gasteiger partial charge in [-0.15, -0.1) is 0 Å². The second-order valence-electron chi connectivity index (χ2n) is 5.73. The van der Waals surface area contributed by atoms with Crippen molar-refractivity contribution in [1.29, 1.82) is 0 Å². The van der Waals surface area contributed by atoms with Crippen molar-refractivity contribution in [2.75, 3.05) is 57.5 Å². The van der Waals surface area contributed by atoms with Gasteiger partial charge < -0.3 is 19.5 Å². The molecule has 2 aliphatic rings. The van der Waals surface area contributed by atoms with E-state index in [9.17, 15) is 5.11 Å². The number of hydrogen-bond acceptors (Lipinski definition) is 5. The molecule has 1 atom stereocenters. The minimum Gasteiger partial charge on any atom is -0.389 e. The summed E-state index contributed by atoms with van der Waals surface area (Å²) in [6.07, 6.45) is -0.380. The molecule has 21 heavy (non-hydrogen) atoms. The lowest BCUT2D eigenvalue weighted by Gasteiger charge is -2.29. The Hall–Kier alpha value is -1.14. The van der Waals surface area contributed by atoms with Crippen molar-refractivity contribution in [3.05, 3.63) is 29.8 Å². The van der Waals surface area contributed by atoms with E-state index in [4.69, 9.17) is 9.47 Å². The molecule has 0 radical (unpaired) electrons. The van der Waals surface area contributed by atoms with Crippen LogP contribution in [0.25, 0.3) is 0 Å². The molecule has 0 amide bonds. The third-order valence-electron chi connectivity index (χ3n) is 4.02. The maximum atomic E-state index is 9.81. The first-order chi connectivity index (χ1) is 10.3. The van der Waals surface area contributed by atoms with E-state index in [1.54, 1.807) is 0 Å². The van der Waals surface area contributed by atoms with Gasteiger partial charge in [0.1, 0.15) is 0 Å². The summed E-state index contributed by atoms with van der Waals surface area (Å²) in [5.74, 6) is 0. The average Bonchev–Trinajstić information content (AvgIpc) is 2.72. The van der Waals surface area contributed by atoms with Crippen LogP contribution in [-0.2, 0) is 16.0 Å². The van der Waals surface area contributed by atoms with Crippen LogP contribution < -0.4 is 4.90 Å². The molecule has 0 spiro atoms. The Morgan fingerprint density at radius 1 is 1.10 bits per heavy atom. The highest BCUT2D eigenvalue weighted by Gasteiger charge is 2.17. The van der Waals surface area contributed by atoms with E-state index in [2.05, 4.69) is 34.1 Å². The normalized spacial score (nSPS) is 24.8. The summed E-state index contributed by atoms with van der Waals surface area (Å²) in [5.41, 5.74) is 2.55. The van der Waals surface area contributed by atoms with Crippen molar-refractivity contribution < 1.29 is 14.6 Å². The predicted molar refractivity (Wildman–Crippen MR) is 81.6 cm³/mol. The molecular weight excluding hydrogens is 268 g/mol. The van der Waals surface area contributed by atoms with Crippen LogP contribution >= 0.6 is 0 Å². The van der Waals surface area contributed by atoms with E-state index >= 15 is 0 Å². The zero-order chi connectivity index (χ0) is 14.5. The smallest absolute Gasteiger partial charge is 0.0900 e. The zero-order valence-electron chi connectivity index (χ0n) is 12.4. The fourth-order valence-corrected chi connectivity index (χ4v) is 2.93. The minimum atomic E-state index is -0.380. The number of anilines is 1. The molecule has 0 unspecified atom stereocenters. The highest BCUT2D eigenvalue weighted by atomic mass is 16.5. The summed E-state index contributed by atoms with van der Waals surface area (Å²) in [4.78, 5) is 4.63. The van der Waals surface area contributed by atoms with Crippen LogP contribution in [0.5, 0.6) is 0 Å². The lowest BCUT2D eigenvalue weighted by molar-refractivity contribution is 0.0562. The lowest BCUT2D eigenvalue weighted by atomic mass is 10.1. The number of benzene rings is 1. The van der Waals surface area contributed by atoms with Gasteiger partial charge in [-0.2, -0.15) is 0 Å². The second kappa shape index (κ2) is 7.22. The van der Waals surface area contributed by atoms with E-state index in [1.807, 2.05) is 0 Å². The van der Waals surface area contributed by atoms with Crippen LogP contribution in [0.15, 0.2) is 24.3 Å². The second-order valence-corrected chi connectivity index (χ2v) is 5.73. The predicted octanol–water partition coefficient (Wildman–Crippen LogP) is 0.716. The van der Waals surface area contributed by atoms with Crippen molar-refractivity contribution >= 4 is 5.69 Å². The number of ether oxygens (including phenoxy) is 2. The molecule has 0 saturated carbocycles. The molecule has 0 aromatic heterocycles. The SMILES string of the molecule is O[C@@H]1COCCN(Cc2cccc(N3CCOCC3)c2)C1. The molecule has 1 aromatic carbocycles. The van der Waals surface area contributed by atoms with Crippen molar-refractivity contribution in [3.8, 4) is 0 Å². The standard InChI is InChI=1S/C16H24N2O3/c19-16-12-17(4-7-21-13-16)11-14-2-1-3-15(10-14)18-5-8-20-9-6-18/h1-3,10,16,19H,4-9,11-13H2/t16-/m0/s1. The van der Waals surface area contributed by atoms with Crippen molar-refractivity contribution in [2.45, 2.75) is 12.6 Å². The van der Waals surface area contributed by atoms with Gasteiger partial charge in [0.2, 0.25) is 0 Å². The van der Waals surface area contributed by atoms with E-state index in [0.29, 0.717) is 19.8 Å². The molecule has 0 bridgehead atoms. The summed E-state index contributed by atoms with van der Waals surface area (Å²) in [6, 6.07) is 8.69. The zero-order valence-corrected chi connectivity index (χ0v) is 12.4. The molecule has 2 saturated heterocycles. The summed E-state index contributed by atoms with van der Waals surface area (Å²) in [6.45, 7) is 7.09. The molecule has 2 fully saturated rings. The van der Waals surface area contributed by atoms with Crippen LogP contribution in [0.4, 0.5) is 5.69 Å². The van der Waals surface area contributed by atoms with E-state index in [1.165, 1.54) is 11.3 Å². The number of aliphatic hydroxyl groups excluding tert-OH is 1. The Labute approximate surface area is 126 Å². The van der Waals surface area contributed by atoms with E-state index in [-0.39, 0.29) is 6.10 Å². The average molecular weight is 292 g/mol. The van der Waals surface area contributed by atoms with Crippen LogP contribution in [0.1, 0.15) is 5.56 Å². The summed E-state index contributed by atoms with van der Waals surface area (Å²) in [5, 5.41) is 9.81. The van der Waals surface area contributed by atoms with E-state index < -0.39 is 0 Å². The summed E-state index contributed by atoms with van der Waals surface area (Å²) in [7, 11) is 0. The molecule has 116 valence electrons. The Morgan fingerprint density at radius 3 is 2.76 bits per heavy atom. The van der Waals surface area contributed by atoms with Gasteiger partial charge in [0.25, 0.3) is 0 Å². The van der Waals surface area contributed by atoms with Gasteiger partial charge in [-0.05, 0) is 17.7 Å². The molecule has 3 rings (SSSR count). The maximum Gasteiger partial charge on any atom is 0.0900 e. The monoisotopic (exact) mass is 292 g/mol. The van der Waals surface area contributed by atoms with Gasteiger partial charge in [-0.3, -0.25) is 4.90 Å². The van der Waals surface area contributed by atoms with Gasteiger partial charge >= 0.3 is 0 Å². The van der Waals surface area contributed by atoms with Crippen molar-refractivity contribution in [1.82, 2.24) is 4.90 Å². The van der Waals surface area contributed by atoms with Crippen LogP contribution in [-0.4, -0.2) is 68.7 Å². The Balaban J connectivity index is 1.64. The number of morpholine rings is 1. The fourth-order valence-electron chi connectivity index (χ4n) is 2.93. The van der Waals surface area contributed by atoms with Crippen molar-refractivity contribution in [3.63, 3.8) is 0 Å². The topological polar surface area (TPSA) is 45.2 Å². The highest BCUT2D eigenvalue weighted by molar-refractivity contribution is 5.48. The maximum absolute atomic E-state index is 9.81. The molecule has 1 aromatic rings. The number of β-amino-alcohol motifs (C(OH)–C–C–N with tert-alkyl or cyclic N) is 1. The first-order valence-electron chi connectivity index (χ1n) is 7.71. The molecule has 5 heteroatoms. The van der Waals surface area contributed by atoms with Gasteiger partial charge in [-0.1, -0.05) is 12.1 Å². The number of nitrogens with zero attached hydrogens (tertiary/aromatic N) is 2. The largest absolute Gasteiger partial charge is 0.389 e. The Morgan fingerprint density at radius 2 is 1.90 bits per heavy atom. The highest BCUT2D eigenvalue weighted by Crippen LogP contribution is 2.19. The van der Waals surface area contributed by atoms with E-state index in [0.717, 1.165) is 39.4 Å². The molecule has 2 aliphatic heterocycles. The van der Waals surface area contributed by atoms with Gasteiger partial charge in [0.15, 0.2) is 0 Å². The number of hydrogen-bond donors (Lipinski definition) is 1. The quantitative estimate of drug-likeness (QED) is 0.889. The van der Waals surface area contributed by atoms with Crippen LogP contribution in [0.2, 0.25) is 0 Å². The Kier molecular flexibility index (Phi) is 5.08. The summed E-state index contributed by atoms with van der Waals surface area (Å²) >= 11 is 0. The molecule has 2 heterocycles. The van der Waals surface area contributed by atoms with Crippen LogP contribution in [0.3, 0.4) is 0 Å². The number of rotatable bonds is 3. The number of aliphatic hydroxyl groups is 1. The third kappa shape index (κ3) is 4.17. The van der Waals surface area contributed by atoms with Gasteiger partial charge in [0.05, 0.1) is 32.5 Å². The van der Waals surface area contributed by atoms with Gasteiger partial charge in [0, 0.05) is 38.4 Å². The summed E-state index contributed by atoms with van der Waals surface area (Å²) < 4.78 is 10.8. The van der Waals surface area contributed by atoms with Gasteiger partial charge in [-0.25, -0.2) is 0 Å². The van der Waals surface area contributed by atoms with Crippen LogP contribution in [0, 0.1) is 0 Å². The first kappa shape index (κ1) is 14.8. The molecule has 5 nitrogen and oxygen atoms in total.